The molecule has 31 heavy (non-hydrogen) atoms. The van der Waals surface area contributed by atoms with Gasteiger partial charge in [0.1, 0.15) is 11.5 Å². The summed E-state index contributed by atoms with van der Waals surface area (Å²) in [7, 11) is 0. The van der Waals surface area contributed by atoms with E-state index in [4.69, 9.17) is 0 Å². The predicted octanol–water partition coefficient (Wildman–Crippen LogP) is 3.43. The van der Waals surface area contributed by atoms with Gasteiger partial charge in [0, 0.05) is 24.0 Å². The first-order chi connectivity index (χ1) is 15.0. The SMILES string of the molecule is CCC(=NNC(=O)CCCC(=O)NN=C(CC)c1ccccc1O)c1ccccc1O. The number of aromatic hydroxyl groups is 2. The molecule has 0 aliphatic rings. The maximum Gasteiger partial charge on any atom is 0.240 e. The molecule has 2 amide bonds. The minimum absolute atomic E-state index is 0.102. The second-order valence-corrected chi connectivity index (χ2v) is 6.78. The average molecular weight is 425 g/mol. The molecule has 0 bridgehead atoms. The zero-order valence-electron chi connectivity index (χ0n) is 17.8. The molecule has 2 rings (SSSR count). The van der Waals surface area contributed by atoms with Crippen LogP contribution in [0.3, 0.4) is 0 Å². The Kier molecular flexibility index (Phi) is 9.22. The molecule has 0 fully saturated rings. The number of nitrogens with zero attached hydrogens (tertiary/aromatic N) is 2. The van der Waals surface area contributed by atoms with E-state index in [2.05, 4.69) is 21.1 Å². The van der Waals surface area contributed by atoms with E-state index in [-0.39, 0.29) is 36.2 Å². The smallest absolute Gasteiger partial charge is 0.240 e. The molecule has 0 radical (unpaired) electrons. The summed E-state index contributed by atoms with van der Waals surface area (Å²) in [6.07, 6.45) is 1.65. The number of carbonyl (C=O) groups is 2. The molecule has 0 saturated carbocycles. The Balaban J connectivity index is 1.82. The molecule has 0 aliphatic carbocycles. The lowest BCUT2D eigenvalue weighted by Gasteiger charge is -2.08. The Labute approximate surface area is 181 Å². The van der Waals surface area contributed by atoms with Gasteiger partial charge in [0.05, 0.1) is 11.4 Å². The van der Waals surface area contributed by atoms with Crippen molar-refractivity contribution in [2.24, 2.45) is 10.2 Å². The molecule has 164 valence electrons. The summed E-state index contributed by atoms with van der Waals surface area (Å²) in [4.78, 5) is 24.1. The Morgan fingerprint density at radius 3 is 1.48 bits per heavy atom. The highest BCUT2D eigenvalue weighted by atomic mass is 16.3. The monoisotopic (exact) mass is 424 g/mol. The molecule has 8 nitrogen and oxygen atoms in total. The van der Waals surface area contributed by atoms with E-state index in [1.165, 1.54) is 0 Å². The molecule has 0 spiro atoms. The highest BCUT2D eigenvalue weighted by Crippen LogP contribution is 2.18. The molecule has 0 unspecified atom stereocenters. The van der Waals surface area contributed by atoms with Crippen molar-refractivity contribution in [3.63, 3.8) is 0 Å². The summed E-state index contributed by atoms with van der Waals surface area (Å²) in [6, 6.07) is 13.6. The number of phenols is 2. The van der Waals surface area contributed by atoms with Crippen LogP contribution < -0.4 is 10.9 Å². The molecule has 0 aromatic heterocycles. The molecular weight excluding hydrogens is 396 g/mol. The van der Waals surface area contributed by atoms with Crippen molar-refractivity contribution >= 4 is 23.2 Å². The highest BCUT2D eigenvalue weighted by molar-refractivity contribution is 6.03. The van der Waals surface area contributed by atoms with Gasteiger partial charge in [0.15, 0.2) is 0 Å². The Hall–Kier alpha value is -3.68. The fourth-order valence-corrected chi connectivity index (χ4v) is 2.88. The summed E-state index contributed by atoms with van der Waals surface area (Å²) in [6.45, 7) is 3.75. The van der Waals surface area contributed by atoms with Gasteiger partial charge in [-0.25, -0.2) is 10.9 Å². The van der Waals surface area contributed by atoms with E-state index in [0.717, 1.165) is 0 Å². The number of amides is 2. The molecular formula is C23H28N4O4. The molecule has 0 saturated heterocycles. The van der Waals surface area contributed by atoms with Gasteiger partial charge in [-0.05, 0) is 43.5 Å². The normalized spacial score (nSPS) is 11.8. The number of hydrogen-bond donors (Lipinski definition) is 4. The summed E-state index contributed by atoms with van der Waals surface area (Å²) in [5.74, 6) is -0.433. The fourth-order valence-electron chi connectivity index (χ4n) is 2.88. The van der Waals surface area contributed by atoms with Crippen LogP contribution in [0.4, 0.5) is 0 Å². The second-order valence-electron chi connectivity index (χ2n) is 6.78. The van der Waals surface area contributed by atoms with E-state index in [1.807, 2.05) is 13.8 Å². The standard InChI is InChI=1S/C23H28N4O4/c1-3-18(16-10-5-7-12-20(16)28)24-26-22(30)14-9-15-23(31)27-25-19(4-2)17-11-6-8-13-21(17)29/h5-8,10-13,28-29H,3-4,9,14-15H2,1-2H3,(H,26,30)(H,27,31). The predicted molar refractivity (Wildman–Crippen MR) is 120 cm³/mol. The molecule has 0 atom stereocenters. The zero-order chi connectivity index (χ0) is 22.6. The lowest BCUT2D eigenvalue weighted by Crippen LogP contribution is -2.22. The van der Waals surface area contributed by atoms with Gasteiger partial charge in [-0.2, -0.15) is 10.2 Å². The van der Waals surface area contributed by atoms with Gasteiger partial charge in [0.25, 0.3) is 0 Å². The Morgan fingerprint density at radius 1 is 0.742 bits per heavy atom. The van der Waals surface area contributed by atoms with Crippen molar-refractivity contribution in [2.75, 3.05) is 0 Å². The topological polar surface area (TPSA) is 123 Å². The van der Waals surface area contributed by atoms with Crippen molar-refractivity contribution in [1.82, 2.24) is 10.9 Å². The van der Waals surface area contributed by atoms with Gasteiger partial charge in [-0.15, -0.1) is 0 Å². The van der Waals surface area contributed by atoms with Gasteiger partial charge in [-0.3, -0.25) is 9.59 Å². The van der Waals surface area contributed by atoms with Crippen LogP contribution in [0.25, 0.3) is 0 Å². The molecule has 2 aromatic rings. The zero-order valence-corrected chi connectivity index (χ0v) is 17.8. The highest BCUT2D eigenvalue weighted by Gasteiger charge is 2.10. The van der Waals surface area contributed by atoms with Crippen LogP contribution in [0.2, 0.25) is 0 Å². The molecule has 0 heterocycles. The average Bonchev–Trinajstić information content (AvgIpc) is 2.76. The Bertz CT molecular complexity index is 892. The van der Waals surface area contributed by atoms with Crippen molar-refractivity contribution in [1.29, 1.82) is 0 Å². The van der Waals surface area contributed by atoms with Crippen molar-refractivity contribution in [3.8, 4) is 11.5 Å². The number of benzene rings is 2. The van der Waals surface area contributed by atoms with Gasteiger partial charge in [0.2, 0.25) is 11.8 Å². The van der Waals surface area contributed by atoms with Crippen molar-refractivity contribution in [2.45, 2.75) is 46.0 Å². The number of para-hydroxylation sites is 2. The van der Waals surface area contributed by atoms with Gasteiger partial charge in [-0.1, -0.05) is 38.1 Å². The first-order valence-corrected chi connectivity index (χ1v) is 10.2. The van der Waals surface area contributed by atoms with Crippen LogP contribution in [0.1, 0.15) is 57.1 Å². The third-order valence-electron chi connectivity index (χ3n) is 4.54. The summed E-state index contributed by atoms with van der Waals surface area (Å²) in [5.41, 5.74) is 7.21. The maximum absolute atomic E-state index is 12.0. The van der Waals surface area contributed by atoms with Crippen LogP contribution in [0, 0.1) is 0 Å². The van der Waals surface area contributed by atoms with Crippen LogP contribution >= 0.6 is 0 Å². The molecule has 4 N–H and O–H groups in total. The van der Waals surface area contributed by atoms with Gasteiger partial charge < -0.3 is 10.2 Å². The minimum atomic E-state index is -0.318. The van der Waals surface area contributed by atoms with Crippen molar-refractivity contribution in [3.05, 3.63) is 59.7 Å². The first kappa shape index (κ1) is 23.6. The number of nitrogens with one attached hydrogen (secondary N) is 2. The van der Waals surface area contributed by atoms with E-state index in [9.17, 15) is 19.8 Å². The number of hydrazone groups is 2. The Morgan fingerprint density at radius 2 is 1.13 bits per heavy atom. The van der Waals surface area contributed by atoms with Crippen LogP contribution in [-0.4, -0.2) is 33.5 Å². The molecule has 0 aliphatic heterocycles. The second kappa shape index (κ2) is 12.1. The number of hydrogen-bond acceptors (Lipinski definition) is 6. The quantitative estimate of drug-likeness (QED) is 0.345. The van der Waals surface area contributed by atoms with Gasteiger partial charge >= 0.3 is 0 Å². The van der Waals surface area contributed by atoms with E-state index >= 15 is 0 Å². The van der Waals surface area contributed by atoms with Crippen molar-refractivity contribution < 1.29 is 19.8 Å². The molecule has 2 aromatic carbocycles. The first-order valence-electron chi connectivity index (χ1n) is 10.2. The summed E-state index contributed by atoms with van der Waals surface area (Å²) < 4.78 is 0. The number of carbonyl (C=O) groups excluding carboxylic acids is 2. The number of rotatable bonds is 10. The van der Waals surface area contributed by atoms with Crippen LogP contribution in [0.5, 0.6) is 11.5 Å². The minimum Gasteiger partial charge on any atom is -0.507 e. The molecule has 8 heteroatoms. The summed E-state index contributed by atoms with van der Waals surface area (Å²) >= 11 is 0. The third-order valence-corrected chi connectivity index (χ3v) is 4.54. The summed E-state index contributed by atoms with van der Waals surface area (Å²) in [5, 5.41) is 28.0. The fraction of sp³-hybridized carbons (Fsp3) is 0.304. The van der Waals surface area contributed by atoms with E-state index < -0.39 is 0 Å². The lowest BCUT2D eigenvalue weighted by molar-refractivity contribution is -0.122. The van der Waals surface area contributed by atoms with E-state index in [1.54, 1.807) is 48.5 Å². The third kappa shape index (κ3) is 7.26. The van der Waals surface area contributed by atoms with Crippen LogP contribution in [0.15, 0.2) is 58.7 Å². The number of phenolic OH excluding ortho intramolecular Hbond substituents is 2. The van der Waals surface area contributed by atoms with E-state index in [0.29, 0.717) is 41.8 Å². The lowest BCUT2D eigenvalue weighted by atomic mass is 10.1. The largest absolute Gasteiger partial charge is 0.507 e. The maximum atomic E-state index is 12.0. The van der Waals surface area contributed by atoms with Crippen LogP contribution in [-0.2, 0) is 9.59 Å².